The number of nitro benzene ring substituents is 1. The van der Waals surface area contributed by atoms with Crippen LogP contribution in [0, 0.1) is 22.5 Å². The van der Waals surface area contributed by atoms with E-state index < -0.39 is 0 Å². The number of aryl methyl sites for hydroxylation is 1. The molecule has 0 saturated heterocycles. The van der Waals surface area contributed by atoms with Crippen molar-refractivity contribution < 1.29 is 4.92 Å². The van der Waals surface area contributed by atoms with Crippen molar-refractivity contribution in [3.63, 3.8) is 0 Å². The van der Waals surface area contributed by atoms with E-state index in [1.165, 1.54) is 6.07 Å². The highest BCUT2D eigenvalue weighted by molar-refractivity contribution is 5.40. The summed E-state index contributed by atoms with van der Waals surface area (Å²) in [5.74, 6) is 2.46. The maximum Gasteiger partial charge on any atom is 0.272 e. The fourth-order valence-corrected chi connectivity index (χ4v) is 1.11. The smallest absolute Gasteiger partial charge is 0.258 e. The van der Waals surface area contributed by atoms with Gasteiger partial charge in [-0.2, -0.15) is 0 Å². The van der Waals surface area contributed by atoms with Gasteiger partial charge in [0.1, 0.15) is 0 Å². The fraction of sp³-hybridized carbons (Fsp3) is 0.200. The molecule has 13 heavy (non-hydrogen) atoms. The minimum absolute atomic E-state index is 0.151. The Hall–Kier alpha value is -1.82. The highest BCUT2D eigenvalue weighted by Crippen LogP contribution is 2.18. The van der Waals surface area contributed by atoms with Gasteiger partial charge in [-0.3, -0.25) is 10.1 Å². The summed E-state index contributed by atoms with van der Waals surface area (Å²) in [6.07, 6.45) is 6.18. The molecule has 0 fully saturated rings. The third-order valence-electron chi connectivity index (χ3n) is 1.73. The van der Waals surface area contributed by atoms with Crippen molar-refractivity contribution >= 4 is 5.69 Å². The Balaban J connectivity index is 2.92. The maximum absolute atomic E-state index is 10.5. The molecule has 0 unspecified atom stereocenters. The standard InChI is InChI=1S/C10H9NO2/c1-2-3-6-9-7-4-5-8-10(9)11(12)13/h1,4-5,7-8H,3,6H2. The van der Waals surface area contributed by atoms with E-state index >= 15 is 0 Å². The van der Waals surface area contributed by atoms with Crippen LogP contribution in [0.5, 0.6) is 0 Å². The summed E-state index contributed by atoms with van der Waals surface area (Å²) in [6.45, 7) is 0. The zero-order chi connectivity index (χ0) is 9.68. The van der Waals surface area contributed by atoms with E-state index in [0.717, 1.165) is 0 Å². The Morgan fingerprint density at radius 3 is 2.77 bits per heavy atom. The Bertz CT molecular complexity index is 352. The molecule has 0 bridgehead atoms. The number of nitrogens with zero attached hydrogens (tertiary/aromatic N) is 1. The predicted molar refractivity (Wildman–Crippen MR) is 50.3 cm³/mol. The lowest BCUT2D eigenvalue weighted by molar-refractivity contribution is -0.385. The first-order valence-corrected chi connectivity index (χ1v) is 3.91. The summed E-state index contributed by atoms with van der Waals surface area (Å²) in [5.41, 5.74) is 0.850. The Labute approximate surface area is 76.5 Å². The van der Waals surface area contributed by atoms with Crippen LogP contribution in [-0.4, -0.2) is 4.92 Å². The zero-order valence-corrected chi connectivity index (χ0v) is 7.06. The molecule has 0 radical (unpaired) electrons. The number of hydrogen-bond donors (Lipinski definition) is 0. The van der Waals surface area contributed by atoms with Crippen LogP contribution in [0.4, 0.5) is 5.69 Å². The quantitative estimate of drug-likeness (QED) is 0.401. The minimum atomic E-state index is -0.383. The second-order valence-corrected chi connectivity index (χ2v) is 2.59. The molecule has 3 nitrogen and oxygen atoms in total. The van der Waals surface area contributed by atoms with Crippen LogP contribution in [0.2, 0.25) is 0 Å². The van der Waals surface area contributed by atoms with Crippen molar-refractivity contribution in [2.45, 2.75) is 12.8 Å². The number of rotatable bonds is 3. The van der Waals surface area contributed by atoms with Gasteiger partial charge in [0, 0.05) is 18.1 Å². The zero-order valence-electron chi connectivity index (χ0n) is 7.06. The molecule has 1 rings (SSSR count). The van der Waals surface area contributed by atoms with Crippen molar-refractivity contribution in [2.24, 2.45) is 0 Å². The van der Waals surface area contributed by atoms with Crippen molar-refractivity contribution in [1.29, 1.82) is 0 Å². The molecule has 0 atom stereocenters. The lowest BCUT2D eigenvalue weighted by Gasteiger charge is -1.98. The second-order valence-electron chi connectivity index (χ2n) is 2.59. The molecule has 1 aromatic carbocycles. The predicted octanol–water partition coefficient (Wildman–Crippen LogP) is 2.16. The number of para-hydroxylation sites is 1. The molecule has 0 spiro atoms. The number of benzene rings is 1. The third kappa shape index (κ3) is 2.31. The van der Waals surface area contributed by atoms with Crippen molar-refractivity contribution in [1.82, 2.24) is 0 Å². The van der Waals surface area contributed by atoms with Gasteiger partial charge in [0.25, 0.3) is 5.69 Å². The molecule has 0 aliphatic heterocycles. The summed E-state index contributed by atoms with van der Waals surface area (Å²) in [7, 11) is 0. The Kier molecular flexibility index (Phi) is 3.04. The molecule has 0 heterocycles. The largest absolute Gasteiger partial charge is 0.272 e. The van der Waals surface area contributed by atoms with Crippen molar-refractivity contribution in [2.75, 3.05) is 0 Å². The summed E-state index contributed by atoms with van der Waals surface area (Å²) >= 11 is 0. The van der Waals surface area contributed by atoms with E-state index in [1.807, 2.05) is 0 Å². The molecule has 3 heteroatoms. The summed E-state index contributed by atoms with van der Waals surface area (Å²) < 4.78 is 0. The second kappa shape index (κ2) is 4.27. The first kappa shape index (κ1) is 9.27. The number of terminal acetylenes is 1. The van der Waals surface area contributed by atoms with Crippen molar-refractivity contribution in [3.8, 4) is 12.3 Å². The Morgan fingerprint density at radius 2 is 2.15 bits per heavy atom. The van der Waals surface area contributed by atoms with E-state index in [2.05, 4.69) is 5.92 Å². The van der Waals surface area contributed by atoms with Crippen LogP contribution >= 0.6 is 0 Å². The molecule has 0 amide bonds. The molecule has 0 aliphatic carbocycles. The van der Waals surface area contributed by atoms with E-state index in [-0.39, 0.29) is 10.6 Å². The highest BCUT2D eigenvalue weighted by Gasteiger charge is 2.10. The topological polar surface area (TPSA) is 43.1 Å². The van der Waals surface area contributed by atoms with Crippen LogP contribution in [-0.2, 0) is 6.42 Å². The van der Waals surface area contributed by atoms with Gasteiger partial charge < -0.3 is 0 Å². The number of nitro groups is 1. The van der Waals surface area contributed by atoms with Gasteiger partial charge in [0.15, 0.2) is 0 Å². The summed E-state index contributed by atoms with van der Waals surface area (Å²) in [5, 5.41) is 10.5. The van der Waals surface area contributed by atoms with Gasteiger partial charge >= 0.3 is 0 Å². The van der Waals surface area contributed by atoms with Crippen LogP contribution < -0.4 is 0 Å². The van der Waals surface area contributed by atoms with E-state index in [9.17, 15) is 10.1 Å². The molecule has 0 saturated carbocycles. The van der Waals surface area contributed by atoms with Gasteiger partial charge in [-0.05, 0) is 6.42 Å². The van der Waals surface area contributed by atoms with Gasteiger partial charge in [-0.1, -0.05) is 18.2 Å². The molecule has 66 valence electrons. The summed E-state index contributed by atoms with van der Waals surface area (Å²) in [4.78, 5) is 10.2. The minimum Gasteiger partial charge on any atom is -0.258 e. The van der Waals surface area contributed by atoms with Gasteiger partial charge in [-0.25, -0.2) is 0 Å². The van der Waals surface area contributed by atoms with Crippen LogP contribution in [0.15, 0.2) is 24.3 Å². The number of hydrogen-bond acceptors (Lipinski definition) is 2. The van der Waals surface area contributed by atoms with Crippen LogP contribution in [0.25, 0.3) is 0 Å². The Morgan fingerprint density at radius 1 is 1.46 bits per heavy atom. The van der Waals surface area contributed by atoms with Crippen LogP contribution in [0.1, 0.15) is 12.0 Å². The normalized spacial score (nSPS) is 9.15. The monoisotopic (exact) mass is 175 g/mol. The third-order valence-corrected chi connectivity index (χ3v) is 1.73. The molecule has 0 aliphatic rings. The first-order chi connectivity index (χ1) is 6.25. The van der Waals surface area contributed by atoms with Crippen LogP contribution in [0.3, 0.4) is 0 Å². The van der Waals surface area contributed by atoms with E-state index in [1.54, 1.807) is 18.2 Å². The van der Waals surface area contributed by atoms with Gasteiger partial charge in [0.2, 0.25) is 0 Å². The molecular weight excluding hydrogens is 166 g/mol. The van der Waals surface area contributed by atoms with E-state index in [4.69, 9.17) is 6.42 Å². The summed E-state index contributed by atoms with van der Waals surface area (Å²) in [6, 6.07) is 6.65. The molecule has 1 aromatic rings. The first-order valence-electron chi connectivity index (χ1n) is 3.91. The maximum atomic E-state index is 10.5. The van der Waals surface area contributed by atoms with Gasteiger partial charge in [-0.15, -0.1) is 12.3 Å². The lowest BCUT2D eigenvalue weighted by atomic mass is 10.1. The lowest BCUT2D eigenvalue weighted by Crippen LogP contribution is -1.94. The average Bonchev–Trinajstić information content (AvgIpc) is 2.15. The van der Waals surface area contributed by atoms with E-state index in [0.29, 0.717) is 18.4 Å². The molecule has 0 aromatic heterocycles. The fourth-order valence-electron chi connectivity index (χ4n) is 1.11. The SMILES string of the molecule is C#CCCc1ccccc1[N+](=O)[O-]. The highest BCUT2D eigenvalue weighted by atomic mass is 16.6. The van der Waals surface area contributed by atoms with Gasteiger partial charge in [0.05, 0.1) is 4.92 Å². The van der Waals surface area contributed by atoms with Crippen molar-refractivity contribution in [3.05, 3.63) is 39.9 Å². The molecular formula is C10H9NO2. The molecule has 0 N–H and O–H groups in total. The average molecular weight is 175 g/mol.